The maximum atomic E-state index is 10.0. The summed E-state index contributed by atoms with van der Waals surface area (Å²) in [5.41, 5.74) is 0. The van der Waals surface area contributed by atoms with Crippen molar-refractivity contribution < 1.29 is 9.90 Å². The van der Waals surface area contributed by atoms with E-state index >= 15 is 0 Å². The molecule has 0 aromatic carbocycles. The zero-order chi connectivity index (χ0) is 8.15. The highest BCUT2D eigenvalue weighted by Gasteiger charge is 2.00. The number of amides is 1. The van der Waals surface area contributed by atoms with Gasteiger partial charge in [0, 0.05) is 6.04 Å². The zero-order valence-corrected chi connectivity index (χ0v) is 8.44. The van der Waals surface area contributed by atoms with E-state index < -0.39 is 6.09 Å². The summed E-state index contributed by atoms with van der Waals surface area (Å²) in [7, 11) is 0. The molecule has 0 radical (unpaired) electrons. The summed E-state index contributed by atoms with van der Waals surface area (Å²) >= 11 is 6.22. The quantitative estimate of drug-likeness (QED) is 0.810. The summed E-state index contributed by atoms with van der Waals surface area (Å²) < 4.78 is 0.737. The monoisotopic (exact) mass is 271 g/mol. The minimum Gasteiger partial charge on any atom is -0.465 e. The van der Waals surface area contributed by atoms with Crippen LogP contribution < -0.4 is 5.32 Å². The molecule has 0 spiro atoms. The molecule has 0 aliphatic carbocycles. The molecule has 5 heteroatoms. The van der Waals surface area contributed by atoms with Crippen LogP contribution in [0.15, 0.2) is 9.47 Å². The maximum absolute atomic E-state index is 10.0. The van der Waals surface area contributed by atoms with Gasteiger partial charge >= 0.3 is 6.09 Å². The number of nitrogens with one attached hydrogen (secondary N) is 1. The highest BCUT2D eigenvalue weighted by Crippen LogP contribution is 2.13. The summed E-state index contributed by atoms with van der Waals surface area (Å²) in [6.45, 7) is 1.73. The molecule has 0 aliphatic heterocycles. The Hall–Kier alpha value is -0.0300. The summed E-state index contributed by atoms with van der Waals surface area (Å²) in [4.78, 5) is 10.0. The van der Waals surface area contributed by atoms with Crippen LogP contribution in [0.25, 0.3) is 0 Å². The van der Waals surface area contributed by atoms with Crippen LogP contribution in [0, 0.1) is 0 Å². The van der Waals surface area contributed by atoms with Crippen molar-refractivity contribution in [1.82, 2.24) is 5.32 Å². The van der Waals surface area contributed by atoms with E-state index in [0.29, 0.717) is 0 Å². The normalized spacial score (nSPS) is 11.9. The third kappa shape index (κ3) is 6.10. The van der Waals surface area contributed by atoms with Gasteiger partial charge in [0.15, 0.2) is 0 Å². The standard InChI is InChI=1S/C5H7Br2NO2/c1-3(2-4(6)7)8-5(9)10/h2-3,8H,1H3,(H,9,10)/t3-/m1/s1. The molecule has 0 rings (SSSR count). The van der Waals surface area contributed by atoms with Gasteiger partial charge < -0.3 is 10.4 Å². The van der Waals surface area contributed by atoms with Crippen LogP contribution in [0.5, 0.6) is 0 Å². The molecule has 0 saturated carbocycles. The fourth-order valence-corrected chi connectivity index (χ4v) is 1.22. The summed E-state index contributed by atoms with van der Waals surface area (Å²) in [5.74, 6) is 0. The minimum absolute atomic E-state index is 0.189. The molecule has 3 nitrogen and oxygen atoms in total. The topological polar surface area (TPSA) is 49.3 Å². The Morgan fingerprint density at radius 1 is 1.70 bits per heavy atom. The first-order chi connectivity index (χ1) is 4.52. The fraction of sp³-hybridized carbons (Fsp3) is 0.400. The summed E-state index contributed by atoms with van der Waals surface area (Å²) in [6.07, 6.45) is 0.665. The van der Waals surface area contributed by atoms with Gasteiger partial charge in [0.05, 0.1) is 3.39 Å². The molecule has 0 saturated heterocycles. The molecule has 10 heavy (non-hydrogen) atoms. The highest BCUT2D eigenvalue weighted by atomic mass is 79.9. The lowest BCUT2D eigenvalue weighted by atomic mass is 10.3. The number of hydrogen-bond acceptors (Lipinski definition) is 1. The number of carboxylic acid groups (broad SMARTS) is 1. The first-order valence-corrected chi connectivity index (χ1v) is 4.13. The van der Waals surface area contributed by atoms with Crippen molar-refractivity contribution >= 4 is 38.0 Å². The van der Waals surface area contributed by atoms with Crippen LogP contribution in [0.3, 0.4) is 0 Å². The second kappa shape index (κ2) is 4.73. The van der Waals surface area contributed by atoms with Gasteiger partial charge in [-0.25, -0.2) is 4.79 Å². The van der Waals surface area contributed by atoms with Gasteiger partial charge in [0.2, 0.25) is 0 Å². The Labute approximate surface area is 75.8 Å². The van der Waals surface area contributed by atoms with Crippen molar-refractivity contribution in [2.75, 3.05) is 0 Å². The van der Waals surface area contributed by atoms with Crippen molar-refractivity contribution in [1.29, 1.82) is 0 Å². The lowest BCUT2D eigenvalue weighted by Gasteiger charge is -2.04. The molecule has 0 bridgehead atoms. The minimum atomic E-state index is -1.02. The second-order valence-corrected chi connectivity index (χ2v) is 4.47. The van der Waals surface area contributed by atoms with Crippen LogP contribution in [-0.2, 0) is 0 Å². The molecule has 1 atom stereocenters. The first-order valence-electron chi connectivity index (χ1n) is 2.54. The van der Waals surface area contributed by atoms with Crippen LogP contribution in [-0.4, -0.2) is 17.2 Å². The van der Waals surface area contributed by atoms with Gasteiger partial charge in [-0.1, -0.05) is 0 Å². The molecule has 0 heterocycles. The van der Waals surface area contributed by atoms with Gasteiger partial charge in [-0.15, -0.1) is 0 Å². The largest absolute Gasteiger partial charge is 0.465 e. The molecule has 0 unspecified atom stereocenters. The predicted molar refractivity (Wildman–Crippen MR) is 46.6 cm³/mol. The number of carbonyl (C=O) groups is 1. The number of hydrogen-bond donors (Lipinski definition) is 2. The van der Waals surface area contributed by atoms with E-state index in [1.165, 1.54) is 0 Å². The van der Waals surface area contributed by atoms with Crippen LogP contribution in [0.2, 0.25) is 0 Å². The van der Waals surface area contributed by atoms with Crippen LogP contribution in [0.1, 0.15) is 6.92 Å². The van der Waals surface area contributed by atoms with E-state index in [9.17, 15) is 4.79 Å². The van der Waals surface area contributed by atoms with E-state index in [0.717, 1.165) is 3.39 Å². The highest BCUT2D eigenvalue weighted by molar-refractivity contribution is 9.28. The average Bonchev–Trinajstić information content (AvgIpc) is 1.58. The Balaban J connectivity index is 3.75. The van der Waals surface area contributed by atoms with Gasteiger partial charge in [0.1, 0.15) is 0 Å². The summed E-state index contributed by atoms with van der Waals surface area (Å²) in [5, 5.41) is 10.5. The van der Waals surface area contributed by atoms with Crippen molar-refractivity contribution in [3.8, 4) is 0 Å². The molecule has 0 aromatic rings. The zero-order valence-electron chi connectivity index (χ0n) is 5.27. The molecule has 1 amide bonds. The van der Waals surface area contributed by atoms with Gasteiger partial charge in [-0.05, 0) is 44.9 Å². The second-order valence-electron chi connectivity index (χ2n) is 1.69. The van der Waals surface area contributed by atoms with Gasteiger partial charge in [-0.3, -0.25) is 0 Å². The van der Waals surface area contributed by atoms with Crippen molar-refractivity contribution in [3.05, 3.63) is 9.47 Å². The van der Waals surface area contributed by atoms with Crippen molar-refractivity contribution in [2.45, 2.75) is 13.0 Å². The Kier molecular flexibility index (Phi) is 4.72. The Bertz CT molecular complexity index is 154. The molecule has 2 N–H and O–H groups in total. The molecular weight excluding hydrogens is 266 g/mol. The lowest BCUT2D eigenvalue weighted by molar-refractivity contribution is 0.193. The number of halogens is 2. The van der Waals surface area contributed by atoms with Crippen molar-refractivity contribution in [3.63, 3.8) is 0 Å². The molecular formula is C5H7Br2NO2. The van der Waals surface area contributed by atoms with E-state index in [1.807, 2.05) is 0 Å². The molecule has 0 fully saturated rings. The van der Waals surface area contributed by atoms with Crippen LogP contribution in [0.4, 0.5) is 4.79 Å². The third-order valence-corrected chi connectivity index (χ3v) is 1.26. The maximum Gasteiger partial charge on any atom is 0.405 e. The van der Waals surface area contributed by atoms with Gasteiger partial charge in [0.25, 0.3) is 0 Å². The van der Waals surface area contributed by atoms with Crippen molar-refractivity contribution in [2.24, 2.45) is 0 Å². The molecule has 0 aromatic heterocycles. The smallest absolute Gasteiger partial charge is 0.405 e. The molecule has 0 aliphatic rings. The Morgan fingerprint density at radius 2 is 2.20 bits per heavy atom. The molecule has 58 valence electrons. The SMILES string of the molecule is C[C@H](C=C(Br)Br)NC(=O)O. The predicted octanol–water partition coefficient (Wildman–Crippen LogP) is 2.27. The van der Waals surface area contributed by atoms with Gasteiger partial charge in [-0.2, -0.15) is 0 Å². The van der Waals surface area contributed by atoms with Crippen LogP contribution >= 0.6 is 31.9 Å². The van der Waals surface area contributed by atoms with E-state index in [2.05, 4.69) is 37.2 Å². The number of rotatable bonds is 2. The average molecular weight is 273 g/mol. The Morgan fingerprint density at radius 3 is 2.50 bits per heavy atom. The van der Waals surface area contributed by atoms with E-state index in [1.54, 1.807) is 13.0 Å². The summed E-state index contributed by atoms with van der Waals surface area (Å²) in [6, 6.07) is -0.189. The lowest BCUT2D eigenvalue weighted by Crippen LogP contribution is -2.29. The fourth-order valence-electron chi connectivity index (χ4n) is 0.425. The van der Waals surface area contributed by atoms with E-state index in [4.69, 9.17) is 5.11 Å². The van der Waals surface area contributed by atoms with E-state index in [-0.39, 0.29) is 6.04 Å². The third-order valence-electron chi connectivity index (χ3n) is 0.727. The first kappa shape index (κ1) is 9.97.